The number of benzene rings is 2. The number of nitrogens with zero attached hydrogens (tertiary/aromatic N) is 5. The fraction of sp³-hybridized carbons (Fsp3) is 0.575. The summed E-state index contributed by atoms with van der Waals surface area (Å²) in [6.07, 6.45) is 2.04. The van der Waals surface area contributed by atoms with Gasteiger partial charge in [-0.05, 0) is 59.7 Å². The molecule has 2 heterocycles. The Labute approximate surface area is 343 Å². The second-order valence-electron chi connectivity index (χ2n) is 13.8. The number of carbonyl (C=O) groups excluding carboxylic acids is 5. The van der Waals surface area contributed by atoms with E-state index in [2.05, 4.69) is 26.0 Å². The second-order valence-corrected chi connectivity index (χ2v) is 13.8. The van der Waals surface area contributed by atoms with Crippen LogP contribution in [0.5, 0.6) is 0 Å². The lowest BCUT2D eigenvalue weighted by atomic mass is 9.93. The molecular weight excluding hydrogens is 768 g/mol. The molecule has 0 spiro atoms. The third-order valence-electron chi connectivity index (χ3n) is 9.60. The van der Waals surface area contributed by atoms with E-state index in [0.717, 1.165) is 11.1 Å². The fourth-order valence-corrected chi connectivity index (χ4v) is 6.34. The number of piperidine rings is 1. The summed E-state index contributed by atoms with van der Waals surface area (Å²) in [5, 5.41) is 11.8. The highest BCUT2D eigenvalue weighted by atomic mass is 16.6. The quantitative estimate of drug-likeness (QED) is 0.0457. The van der Waals surface area contributed by atoms with Gasteiger partial charge in [-0.2, -0.15) is 0 Å². The number of carbonyl (C=O) groups is 5. The van der Waals surface area contributed by atoms with Gasteiger partial charge >= 0.3 is 12.0 Å². The highest BCUT2D eigenvalue weighted by Gasteiger charge is 2.37. The number of urea groups is 1. The predicted octanol–water partition coefficient (Wildman–Crippen LogP) is 3.29. The van der Waals surface area contributed by atoms with Gasteiger partial charge in [0.1, 0.15) is 6.04 Å². The number of methoxy groups -OCH3 is 1. The van der Waals surface area contributed by atoms with Crippen molar-refractivity contribution in [2.75, 3.05) is 110 Å². The highest BCUT2D eigenvalue weighted by Crippen LogP contribution is 2.23. The van der Waals surface area contributed by atoms with E-state index in [1.165, 1.54) is 7.11 Å². The Kier molecular flexibility index (Phi) is 21.0. The maximum atomic E-state index is 13.4. The first-order chi connectivity index (χ1) is 28.7. The van der Waals surface area contributed by atoms with Crippen molar-refractivity contribution in [2.24, 2.45) is 11.0 Å². The zero-order valence-electron chi connectivity index (χ0n) is 33.6. The van der Waals surface area contributed by atoms with Crippen molar-refractivity contribution in [1.82, 2.24) is 15.1 Å². The predicted molar refractivity (Wildman–Crippen MR) is 215 cm³/mol. The third-order valence-corrected chi connectivity index (χ3v) is 9.60. The molecule has 2 fully saturated rings. The molecule has 5 amide bonds. The molecule has 19 heteroatoms. The number of ether oxygens (including phenoxy) is 6. The number of rotatable bonds is 24. The number of amides is 5. The van der Waals surface area contributed by atoms with E-state index < -0.39 is 12.1 Å². The number of likely N-dealkylation sites (tertiary alicyclic amines) is 1. The Morgan fingerprint density at radius 3 is 1.97 bits per heavy atom. The summed E-state index contributed by atoms with van der Waals surface area (Å²) in [5.41, 5.74) is 10.9. The van der Waals surface area contributed by atoms with Crippen molar-refractivity contribution in [3.63, 3.8) is 0 Å². The van der Waals surface area contributed by atoms with Crippen molar-refractivity contribution in [1.29, 1.82) is 0 Å². The van der Waals surface area contributed by atoms with Crippen LogP contribution in [0.3, 0.4) is 0 Å². The number of morpholine rings is 1. The number of hydrogen-bond acceptors (Lipinski definition) is 12. The van der Waals surface area contributed by atoms with Gasteiger partial charge in [0.2, 0.25) is 17.7 Å². The van der Waals surface area contributed by atoms with Gasteiger partial charge in [0, 0.05) is 61.9 Å². The summed E-state index contributed by atoms with van der Waals surface area (Å²) in [5.74, 6) is -0.549. The SMILES string of the molecule is COC(=O)CC1CCN(C(=O)[C@@H]2COCCN2C(=O)Cc2ccc(NC(=O)Nc3ccc(CNC(=O)CCOCCOCCOCCOCCN=[N+]=[N-])cc3)cc2)CC1. The number of esters is 1. The molecule has 0 radical (unpaired) electrons. The summed E-state index contributed by atoms with van der Waals surface area (Å²) in [7, 11) is 1.37. The molecule has 4 rings (SSSR count). The van der Waals surface area contributed by atoms with Gasteiger partial charge in [-0.3, -0.25) is 19.2 Å². The van der Waals surface area contributed by atoms with Gasteiger partial charge < -0.3 is 54.2 Å². The monoisotopic (exact) mass is 824 g/mol. The van der Waals surface area contributed by atoms with Crippen molar-refractivity contribution in [2.45, 2.75) is 44.7 Å². The smallest absolute Gasteiger partial charge is 0.323 e. The number of nitrogens with one attached hydrogen (secondary N) is 3. The molecular formula is C40H56N8O11. The average molecular weight is 825 g/mol. The molecule has 0 aliphatic carbocycles. The minimum Gasteiger partial charge on any atom is -0.469 e. The van der Waals surface area contributed by atoms with Gasteiger partial charge in [0.25, 0.3) is 0 Å². The Balaban J connectivity index is 1.07. The molecule has 3 N–H and O–H groups in total. The molecule has 0 saturated carbocycles. The lowest BCUT2D eigenvalue weighted by Crippen LogP contribution is -2.58. The van der Waals surface area contributed by atoms with Crippen molar-refractivity contribution in [3.8, 4) is 0 Å². The van der Waals surface area contributed by atoms with E-state index in [1.54, 1.807) is 58.3 Å². The van der Waals surface area contributed by atoms with Crippen LogP contribution in [-0.4, -0.2) is 145 Å². The molecule has 2 aromatic rings. The van der Waals surface area contributed by atoms with E-state index in [4.69, 9.17) is 34.0 Å². The molecule has 59 heavy (non-hydrogen) atoms. The Morgan fingerprint density at radius 1 is 0.797 bits per heavy atom. The van der Waals surface area contributed by atoms with Crippen molar-refractivity contribution in [3.05, 3.63) is 70.1 Å². The van der Waals surface area contributed by atoms with E-state index >= 15 is 0 Å². The molecule has 0 aromatic heterocycles. The first-order valence-electron chi connectivity index (χ1n) is 19.8. The molecule has 1 atom stereocenters. The maximum absolute atomic E-state index is 13.4. The van der Waals surface area contributed by atoms with Gasteiger partial charge in [-0.1, -0.05) is 29.4 Å². The van der Waals surface area contributed by atoms with Crippen LogP contribution < -0.4 is 16.0 Å². The Bertz CT molecular complexity index is 1670. The molecule has 322 valence electrons. The topological polar surface area (TPSA) is 232 Å². The molecule has 0 unspecified atom stereocenters. The van der Waals surface area contributed by atoms with Crippen molar-refractivity contribution >= 4 is 41.1 Å². The van der Waals surface area contributed by atoms with Crippen LogP contribution in [0.4, 0.5) is 16.2 Å². The van der Waals surface area contributed by atoms with Crippen LogP contribution in [-0.2, 0) is 60.6 Å². The minimum absolute atomic E-state index is 0.0908. The number of azide groups is 1. The van der Waals surface area contributed by atoms with E-state index in [9.17, 15) is 24.0 Å². The molecule has 2 aromatic carbocycles. The van der Waals surface area contributed by atoms with Crippen LogP contribution in [0.25, 0.3) is 10.4 Å². The first kappa shape index (κ1) is 46.4. The largest absolute Gasteiger partial charge is 0.469 e. The minimum atomic E-state index is -0.700. The van der Waals surface area contributed by atoms with Crippen LogP contribution in [0.15, 0.2) is 53.6 Å². The van der Waals surface area contributed by atoms with Gasteiger partial charge in [-0.25, -0.2) is 4.79 Å². The zero-order chi connectivity index (χ0) is 42.1. The molecule has 19 nitrogen and oxygen atoms in total. The van der Waals surface area contributed by atoms with Crippen LogP contribution in [0.1, 0.15) is 36.8 Å². The average Bonchev–Trinajstić information content (AvgIpc) is 3.25. The fourth-order valence-electron chi connectivity index (χ4n) is 6.34. The summed E-state index contributed by atoms with van der Waals surface area (Å²) in [6, 6.07) is 12.9. The van der Waals surface area contributed by atoms with Crippen molar-refractivity contribution < 1.29 is 52.4 Å². The van der Waals surface area contributed by atoms with Crippen LogP contribution in [0.2, 0.25) is 0 Å². The maximum Gasteiger partial charge on any atom is 0.323 e. The first-order valence-corrected chi connectivity index (χ1v) is 19.8. The standard InChI is InChI=1S/C40H56N8O11/c1-54-38(51)27-31-10-14-47(15-11-31)39(52)35-29-59-19-16-48(35)37(50)26-30-2-6-33(7-3-30)44-40(53)45-34-8-4-32(5-9-34)28-42-36(49)12-17-55-20-22-57-24-25-58-23-21-56-18-13-43-46-41/h2-9,31,35H,10-29H2,1H3,(H,42,49)(H2,44,45,53)/t35-/m0/s1. The molecule has 2 aliphatic rings. The lowest BCUT2D eigenvalue weighted by molar-refractivity contribution is -0.154. The summed E-state index contributed by atoms with van der Waals surface area (Å²) in [6.45, 7) is 5.47. The number of anilines is 2. The summed E-state index contributed by atoms with van der Waals surface area (Å²) < 4.78 is 31.9. The Hall–Kier alpha value is -5.30. The molecule has 2 saturated heterocycles. The summed E-state index contributed by atoms with van der Waals surface area (Å²) >= 11 is 0. The van der Waals surface area contributed by atoms with Crippen LogP contribution >= 0.6 is 0 Å². The van der Waals surface area contributed by atoms with E-state index in [-0.39, 0.29) is 55.7 Å². The normalized spacial score (nSPS) is 15.5. The molecule has 0 bridgehead atoms. The molecule has 2 aliphatic heterocycles. The summed E-state index contributed by atoms with van der Waals surface area (Å²) in [4.78, 5) is 69.4. The zero-order valence-corrected chi connectivity index (χ0v) is 33.6. The third kappa shape index (κ3) is 17.6. The van der Waals surface area contributed by atoms with E-state index in [1.807, 2.05) is 0 Å². The second kappa shape index (κ2) is 26.7. The number of hydrogen-bond donors (Lipinski definition) is 3. The Morgan fingerprint density at radius 2 is 1.37 bits per heavy atom. The van der Waals surface area contributed by atoms with Gasteiger partial charge in [0.05, 0.1) is 79.6 Å². The van der Waals surface area contributed by atoms with E-state index in [0.29, 0.717) is 116 Å². The highest BCUT2D eigenvalue weighted by molar-refractivity contribution is 5.99. The lowest BCUT2D eigenvalue weighted by Gasteiger charge is -2.39. The van der Waals surface area contributed by atoms with Gasteiger partial charge in [0.15, 0.2) is 0 Å². The van der Waals surface area contributed by atoms with Gasteiger partial charge in [-0.15, -0.1) is 0 Å². The van der Waals surface area contributed by atoms with Crippen LogP contribution in [0, 0.1) is 5.92 Å².